The molecule has 0 aromatic heterocycles. The Hall–Kier alpha value is -0.0500. The Kier molecular flexibility index (Phi) is 4.88. The highest BCUT2D eigenvalue weighted by molar-refractivity contribution is 7.53. The molecule has 5 N–H and O–H groups in total. The zero-order valence-corrected chi connectivity index (χ0v) is 12.1. The number of hydrogen-bond acceptors (Lipinski definition) is 7. The molecule has 0 aromatic carbocycles. The Labute approximate surface area is 117 Å². The van der Waals surface area contributed by atoms with Crippen LogP contribution < -0.4 is 0 Å². The molecule has 0 aromatic rings. The summed E-state index contributed by atoms with van der Waals surface area (Å²) in [6, 6.07) is -0.726. The largest absolute Gasteiger partial charge is 0.389 e. The number of aliphatic hydroxyl groups excluding tert-OH is 4. The molecule has 2 aliphatic rings. The maximum absolute atomic E-state index is 11.9. The molecule has 0 radical (unpaired) electrons. The fourth-order valence-electron chi connectivity index (χ4n) is 2.90. The smallest absolute Gasteiger partial charge is 0.331 e. The van der Waals surface area contributed by atoms with Crippen LogP contribution in [0.4, 0.5) is 0 Å². The van der Waals surface area contributed by atoms with Gasteiger partial charge in [0.1, 0.15) is 18.4 Å². The Morgan fingerprint density at radius 1 is 1.20 bits per heavy atom. The van der Waals surface area contributed by atoms with Crippen molar-refractivity contribution in [2.75, 3.05) is 13.7 Å². The van der Waals surface area contributed by atoms with Crippen molar-refractivity contribution < 1.29 is 34.4 Å². The molecule has 2 unspecified atom stereocenters. The summed E-state index contributed by atoms with van der Waals surface area (Å²) in [5, 5.41) is 39.1. The minimum Gasteiger partial charge on any atom is -0.389 e. The molecule has 2 aliphatic heterocycles. The van der Waals surface area contributed by atoms with Crippen molar-refractivity contribution in [3.8, 4) is 0 Å². The van der Waals surface area contributed by atoms with Crippen LogP contribution in [-0.4, -0.2) is 80.1 Å². The van der Waals surface area contributed by atoms with Crippen molar-refractivity contribution in [1.82, 2.24) is 4.90 Å². The van der Waals surface area contributed by atoms with Crippen LogP contribution in [0, 0.1) is 0 Å². The van der Waals surface area contributed by atoms with Gasteiger partial charge in [-0.2, -0.15) is 0 Å². The molecule has 0 saturated carbocycles. The lowest BCUT2D eigenvalue weighted by atomic mass is 9.89. The molecule has 0 amide bonds. The van der Waals surface area contributed by atoms with E-state index >= 15 is 0 Å². The number of aliphatic hydroxyl groups is 4. The normalized spacial score (nSPS) is 51.1. The predicted octanol–water partition coefficient (Wildman–Crippen LogP) is -1.54. The third-order valence-corrected chi connectivity index (χ3v) is 6.22. The number of piperidine rings is 1. The van der Waals surface area contributed by atoms with Gasteiger partial charge in [-0.15, -0.1) is 0 Å². The molecule has 7 atom stereocenters. The first kappa shape index (κ1) is 16.3. The lowest BCUT2D eigenvalue weighted by Crippen LogP contribution is -2.65. The van der Waals surface area contributed by atoms with Gasteiger partial charge in [-0.3, -0.25) is 9.46 Å². The van der Waals surface area contributed by atoms with Crippen LogP contribution in [-0.2, 0) is 9.09 Å². The van der Waals surface area contributed by atoms with E-state index in [-0.39, 0.29) is 13.0 Å². The summed E-state index contributed by atoms with van der Waals surface area (Å²) < 4.78 is 16.8. The molecule has 9 heteroatoms. The molecule has 8 nitrogen and oxygen atoms in total. The fourth-order valence-corrected chi connectivity index (χ4v) is 4.50. The standard InChI is InChI=1S/C11H22NO7P/c1-12-7(8(13)9(14)10(15)11(12)16)5-6-3-2-4-19-20(6,17)18/h6-11,13-16H,2-5H2,1H3,(H,17,18)/t6?,7-,8-,9+,10+,11-/m1/s1. The number of nitrogens with zero attached hydrogens (tertiary/aromatic N) is 1. The van der Waals surface area contributed by atoms with Crippen molar-refractivity contribution >= 4 is 7.60 Å². The van der Waals surface area contributed by atoms with E-state index in [1.807, 2.05) is 0 Å². The lowest BCUT2D eigenvalue weighted by Gasteiger charge is -2.46. The maximum Gasteiger partial charge on any atom is 0.331 e. The summed E-state index contributed by atoms with van der Waals surface area (Å²) in [4.78, 5) is 11.1. The fraction of sp³-hybridized carbons (Fsp3) is 1.00. The molecule has 0 bridgehead atoms. The highest BCUT2D eigenvalue weighted by Gasteiger charge is 2.48. The summed E-state index contributed by atoms with van der Waals surface area (Å²) >= 11 is 0. The van der Waals surface area contributed by atoms with Crippen LogP contribution in [0.25, 0.3) is 0 Å². The summed E-state index contributed by atoms with van der Waals surface area (Å²) in [5.41, 5.74) is -0.645. The minimum atomic E-state index is -3.73. The number of rotatable bonds is 2. The van der Waals surface area contributed by atoms with E-state index in [4.69, 9.17) is 4.52 Å². The quantitative estimate of drug-likeness (QED) is 0.388. The summed E-state index contributed by atoms with van der Waals surface area (Å²) in [6.45, 7) is 0.233. The Morgan fingerprint density at radius 2 is 1.85 bits per heavy atom. The van der Waals surface area contributed by atoms with Crippen LogP contribution in [0.2, 0.25) is 0 Å². The summed E-state index contributed by atoms with van der Waals surface area (Å²) in [7, 11) is -2.25. The van der Waals surface area contributed by atoms with E-state index in [1.165, 1.54) is 11.9 Å². The zero-order chi connectivity index (χ0) is 15.1. The Morgan fingerprint density at radius 3 is 2.45 bits per heavy atom. The Balaban J connectivity index is 2.12. The molecule has 2 fully saturated rings. The average Bonchev–Trinajstić information content (AvgIpc) is 2.40. The van der Waals surface area contributed by atoms with Crippen molar-refractivity contribution in [2.45, 2.75) is 55.5 Å². The van der Waals surface area contributed by atoms with Gasteiger partial charge in [0.25, 0.3) is 0 Å². The van der Waals surface area contributed by atoms with Gasteiger partial charge >= 0.3 is 7.60 Å². The van der Waals surface area contributed by atoms with E-state index < -0.39 is 43.8 Å². The average molecular weight is 311 g/mol. The molecule has 2 heterocycles. The van der Waals surface area contributed by atoms with Gasteiger partial charge in [0.2, 0.25) is 0 Å². The van der Waals surface area contributed by atoms with Gasteiger partial charge in [-0.1, -0.05) is 0 Å². The monoisotopic (exact) mass is 311 g/mol. The lowest BCUT2D eigenvalue weighted by molar-refractivity contribution is -0.211. The first-order valence-corrected chi connectivity index (χ1v) is 8.31. The van der Waals surface area contributed by atoms with Crippen LogP contribution in [0.3, 0.4) is 0 Å². The molecule has 0 aliphatic carbocycles. The van der Waals surface area contributed by atoms with Crippen molar-refractivity contribution in [3.05, 3.63) is 0 Å². The van der Waals surface area contributed by atoms with Crippen LogP contribution in [0.15, 0.2) is 0 Å². The van der Waals surface area contributed by atoms with Gasteiger partial charge < -0.3 is 29.8 Å². The number of likely N-dealkylation sites (N-methyl/N-ethyl adjacent to an activating group) is 1. The molecule has 2 saturated heterocycles. The topological polar surface area (TPSA) is 131 Å². The molecular formula is C11H22NO7P. The van der Waals surface area contributed by atoms with Crippen molar-refractivity contribution in [1.29, 1.82) is 0 Å². The first-order valence-electron chi connectivity index (χ1n) is 6.67. The molecule has 0 spiro atoms. The van der Waals surface area contributed by atoms with Gasteiger partial charge in [0.05, 0.1) is 18.4 Å². The second kappa shape index (κ2) is 5.98. The zero-order valence-electron chi connectivity index (χ0n) is 11.2. The summed E-state index contributed by atoms with van der Waals surface area (Å²) in [6.07, 6.45) is -4.37. The van der Waals surface area contributed by atoms with Crippen LogP contribution >= 0.6 is 7.60 Å². The van der Waals surface area contributed by atoms with E-state index in [9.17, 15) is 29.9 Å². The predicted molar refractivity (Wildman–Crippen MR) is 69.0 cm³/mol. The van der Waals surface area contributed by atoms with E-state index in [2.05, 4.69) is 0 Å². The van der Waals surface area contributed by atoms with E-state index in [0.29, 0.717) is 12.8 Å². The third-order valence-electron chi connectivity index (χ3n) is 4.27. The van der Waals surface area contributed by atoms with E-state index in [0.717, 1.165) is 0 Å². The highest BCUT2D eigenvalue weighted by atomic mass is 31.2. The second-order valence-corrected chi connectivity index (χ2v) is 7.66. The van der Waals surface area contributed by atoms with Crippen molar-refractivity contribution in [2.24, 2.45) is 0 Å². The van der Waals surface area contributed by atoms with E-state index in [1.54, 1.807) is 0 Å². The van der Waals surface area contributed by atoms with Crippen LogP contribution in [0.1, 0.15) is 19.3 Å². The molecule has 2 rings (SSSR count). The Bertz CT molecular complexity index is 379. The van der Waals surface area contributed by atoms with Gasteiger partial charge in [0.15, 0.2) is 0 Å². The SMILES string of the molecule is CN1[C@H](O)[C@@H](O)[C@@H](O)[C@H](O)[C@H]1CC1CCCOP1(=O)O. The minimum absolute atomic E-state index is 0.103. The second-order valence-electron chi connectivity index (χ2n) is 5.55. The number of hydrogen-bond donors (Lipinski definition) is 5. The summed E-state index contributed by atoms with van der Waals surface area (Å²) in [5.74, 6) is 0. The van der Waals surface area contributed by atoms with Gasteiger partial charge in [-0.25, -0.2) is 0 Å². The molecular weight excluding hydrogens is 289 g/mol. The molecule has 118 valence electrons. The van der Waals surface area contributed by atoms with Crippen LogP contribution in [0.5, 0.6) is 0 Å². The molecule has 20 heavy (non-hydrogen) atoms. The highest BCUT2D eigenvalue weighted by Crippen LogP contribution is 2.54. The first-order chi connectivity index (χ1) is 9.25. The maximum atomic E-state index is 11.9. The van der Waals surface area contributed by atoms with Gasteiger partial charge in [0, 0.05) is 6.04 Å². The third kappa shape index (κ3) is 2.93. The van der Waals surface area contributed by atoms with Crippen molar-refractivity contribution in [3.63, 3.8) is 0 Å². The van der Waals surface area contributed by atoms with Gasteiger partial charge in [-0.05, 0) is 26.3 Å². The number of likely N-dealkylation sites (tertiary alicyclic amines) is 1.